The van der Waals surface area contributed by atoms with Gasteiger partial charge in [-0.3, -0.25) is 0 Å². The van der Waals surface area contributed by atoms with Crippen LogP contribution in [-0.2, 0) is 21.6 Å². The molecular formula is C19H18N2O5S2. The Morgan fingerprint density at radius 2 is 1.54 bits per heavy atom. The number of nitrogens with zero attached hydrogens (tertiary/aromatic N) is 2. The highest BCUT2D eigenvalue weighted by Gasteiger charge is 2.37. The van der Waals surface area contributed by atoms with Gasteiger partial charge in [-0.05, 0) is 23.6 Å². The Kier molecular flexibility index (Phi) is 5.90. The van der Waals surface area contributed by atoms with Crippen molar-refractivity contribution in [2.75, 3.05) is 14.1 Å². The molecule has 1 amide bonds. The van der Waals surface area contributed by atoms with E-state index in [1.54, 1.807) is 36.4 Å². The molecule has 0 spiro atoms. The van der Waals surface area contributed by atoms with Gasteiger partial charge in [-0.2, -0.15) is 0 Å². The van der Waals surface area contributed by atoms with Crippen LogP contribution in [0.3, 0.4) is 0 Å². The van der Waals surface area contributed by atoms with Crippen LogP contribution in [0.2, 0.25) is 0 Å². The van der Waals surface area contributed by atoms with Crippen molar-refractivity contribution in [2.45, 2.75) is 4.90 Å². The lowest BCUT2D eigenvalue weighted by molar-refractivity contribution is 0.184. The third kappa shape index (κ3) is 3.97. The first-order valence-corrected chi connectivity index (χ1v) is 10.7. The Labute approximate surface area is 166 Å². The fourth-order valence-electron chi connectivity index (χ4n) is 2.50. The molecule has 0 aromatic heterocycles. The number of hydrogen-bond acceptors (Lipinski definition) is 5. The molecule has 146 valence electrons. The molecule has 7 nitrogen and oxygen atoms in total. The van der Waals surface area contributed by atoms with Crippen LogP contribution in [0.5, 0.6) is 5.75 Å². The van der Waals surface area contributed by atoms with Gasteiger partial charge < -0.3 is 9.29 Å². The van der Waals surface area contributed by atoms with E-state index in [0.717, 1.165) is 16.7 Å². The first-order valence-electron chi connectivity index (χ1n) is 8.21. The summed E-state index contributed by atoms with van der Waals surface area (Å²) in [5, 5.41) is 1.59. The van der Waals surface area contributed by atoms with Crippen LogP contribution >= 0.6 is 0 Å². The molecule has 9 heteroatoms. The molecule has 0 N–H and O–H groups in total. The number of ether oxygens (including phenoxy) is 1. The van der Waals surface area contributed by atoms with Crippen molar-refractivity contribution in [1.29, 1.82) is 0 Å². The molecule has 0 bridgehead atoms. The summed E-state index contributed by atoms with van der Waals surface area (Å²) in [6.45, 7) is 0. The van der Waals surface area contributed by atoms with Gasteiger partial charge in [-0.1, -0.05) is 54.6 Å². The average Bonchev–Trinajstić information content (AvgIpc) is 2.73. The summed E-state index contributed by atoms with van der Waals surface area (Å²) in [7, 11) is -1.69. The summed E-state index contributed by atoms with van der Waals surface area (Å²) in [6, 6.07) is 20.1. The lowest BCUT2D eigenvalue weighted by atomic mass is 10.1. The van der Waals surface area contributed by atoms with Gasteiger partial charge in [0.1, 0.15) is 5.75 Å². The molecule has 1 unspecified atom stereocenters. The summed E-state index contributed by atoms with van der Waals surface area (Å²) in [4.78, 5) is 12.4. The Balaban J connectivity index is 1.79. The minimum atomic E-state index is -4.04. The largest absolute Gasteiger partial charge is 0.572 e. The number of amides is 1. The van der Waals surface area contributed by atoms with Crippen LogP contribution in [0.25, 0.3) is 10.8 Å². The molecule has 0 aliphatic rings. The highest BCUT2D eigenvalue weighted by molar-refractivity contribution is 8.03. The van der Waals surface area contributed by atoms with E-state index in [9.17, 15) is 17.8 Å². The Hall–Kier alpha value is -2.59. The second-order valence-electron chi connectivity index (χ2n) is 5.80. The molecule has 0 fully saturated rings. The summed E-state index contributed by atoms with van der Waals surface area (Å²) in [5.41, 5.74) is 0. The van der Waals surface area contributed by atoms with E-state index < -0.39 is 27.7 Å². The molecule has 3 rings (SSSR count). The SMILES string of the molecule is CN(C(=O)Oc1cccc2ccccc12)[S+]([O-])N(C)S(=O)(=O)c1ccccc1. The third-order valence-corrected chi connectivity index (χ3v) is 7.61. The monoisotopic (exact) mass is 418 g/mol. The molecular weight excluding hydrogens is 400 g/mol. The zero-order chi connectivity index (χ0) is 20.3. The normalized spacial score (nSPS) is 12.7. The molecule has 3 aromatic rings. The minimum Gasteiger partial charge on any atom is -0.572 e. The zero-order valence-electron chi connectivity index (χ0n) is 15.2. The third-order valence-electron chi connectivity index (χ3n) is 4.04. The van der Waals surface area contributed by atoms with Crippen molar-refractivity contribution in [2.24, 2.45) is 0 Å². The number of carbonyl (C=O) groups excluding carboxylic acids is 1. The predicted octanol–water partition coefficient (Wildman–Crippen LogP) is 3.17. The molecule has 1 atom stereocenters. The first kappa shape index (κ1) is 20.2. The average molecular weight is 418 g/mol. The van der Waals surface area contributed by atoms with Gasteiger partial charge in [0, 0.05) is 9.10 Å². The van der Waals surface area contributed by atoms with Crippen molar-refractivity contribution >= 4 is 38.4 Å². The van der Waals surface area contributed by atoms with Crippen LogP contribution in [0.15, 0.2) is 77.7 Å². The second kappa shape index (κ2) is 8.19. The van der Waals surface area contributed by atoms with Gasteiger partial charge >= 0.3 is 6.09 Å². The van der Waals surface area contributed by atoms with Gasteiger partial charge in [0.25, 0.3) is 10.0 Å². The number of rotatable bonds is 5. The standard InChI is InChI=1S/C19H18N2O5S2/c1-20(27(23)21(2)28(24,25)16-11-4-3-5-12-16)19(22)26-18-14-8-10-15-9-6-7-13-17(15)18/h3-14H,1-2H3. The summed E-state index contributed by atoms with van der Waals surface area (Å²) in [6.07, 6.45) is -0.940. The molecule has 0 saturated heterocycles. The number of hydrogen-bond donors (Lipinski definition) is 0. The number of fused-ring (bicyclic) bond motifs is 1. The van der Waals surface area contributed by atoms with Gasteiger partial charge in [0.15, 0.2) is 11.5 Å². The van der Waals surface area contributed by atoms with Gasteiger partial charge in [-0.25, -0.2) is 13.2 Å². The lowest BCUT2D eigenvalue weighted by Gasteiger charge is -2.24. The quantitative estimate of drug-likeness (QED) is 0.594. The van der Waals surface area contributed by atoms with Crippen LogP contribution in [0, 0.1) is 0 Å². The van der Waals surface area contributed by atoms with E-state index in [4.69, 9.17) is 4.74 Å². The highest BCUT2D eigenvalue weighted by Crippen LogP contribution is 2.26. The molecule has 0 aliphatic carbocycles. The maximum Gasteiger partial charge on any atom is 0.458 e. The van der Waals surface area contributed by atoms with E-state index in [1.165, 1.54) is 19.2 Å². The fourth-order valence-corrected chi connectivity index (χ4v) is 5.04. The van der Waals surface area contributed by atoms with Crippen LogP contribution in [-0.4, -0.2) is 41.2 Å². The van der Waals surface area contributed by atoms with Crippen molar-refractivity contribution in [3.05, 3.63) is 72.8 Å². The minimum absolute atomic E-state index is 0.0262. The maximum absolute atomic E-state index is 12.6. The second-order valence-corrected chi connectivity index (χ2v) is 9.56. The lowest BCUT2D eigenvalue weighted by Crippen LogP contribution is -2.46. The van der Waals surface area contributed by atoms with Crippen LogP contribution < -0.4 is 4.74 Å². The zero-order valence-corrected chi connectivity index (χ0v) is 16.8. The Bertz CT molecular complexity index is 1080. The number of carbonyl (C=O) groups is 1. The van der Waals surface area contributed by atoms with E-state index in [0.29, 0.717) is 14.8 Å². The topological polar surface area (TPSA) is 90.0 Å². The van der Waals surface area contributed by atoms with Gasteiger partial charge in [0.2, 0.25) is 0 Å². The first-order chi connectivity index (χ1) is 13.3. The van der Waals surface area contributed by atoms with Crippen LogP contribution in [0.1, 0.15) is 0 Å². The number of benzene rings is 3. The Morgan fingerprint density at radius 3 is 2.25 bits per heavy atom. The molecule has 0 aliphatic heterocycles. The molecule has 28 heavy (non-hydrogen) atoms. The molecule has 0 heterocycles. The number of sulfonamides is 1. The van der Waals surface area contributed by atoms with Crippen molar-refractivity contribution in [3.63, 3.8) is 0 Å². The molecule has 3 aromatic carbocycles. The smallest absolute Gasteiger partial charge is 0.458 e. The molecule has 0 radical (unpaired) electrons. The van der Waals surface area contributed by atoms with Crippen molar-refractivity contribution in [1.82, 2.24) is 8.02 Å². The summed E-state index contributed by atoms with van der Waals surface area (Å²) in [5.74, 6) is 0.292. The van der Waals surface area contributed by atoms with Gasteiger partial charge in [-0.15, -0.1) is 4.31 Å². The van der Waals surface area contributed by atoms with E-state index in [1.807, 2.05) is 24.3 Å². The predicted molar refractivity (Wildman–Crippen MR) is 107 cm³/mol. The molecule has 0 saturated carbocycles. The van der Waals surface area contributed by atoms with E-state index >= 15 is 0 Å². The fraction of sp³-hybridized carbons (Fsp3) is 0.105. The van der Waals surface area contributed by atoms with Gasteiger partial charge in [0.05, 0.1) is 19.0 Å². The van der Waals surface area contributed by atoms with Crippen molar-refractivity contribution < 1.29 is 22.5 Å². The van der Waals surface area contributed by atoms with E-state index in [2.05, 4.69) is 0 Å². The van der Waals surface area contributed by atoms with Crippen molar-refractivity contribution in [3.8, 4) is 5.75 Å². The Morgan fingerprint density at radius 1 is 0.929 bits per heavy atom. The highest BCUT2D eigenvalue weighted by atomic mass is 32.3. The summed E-state index contributed by atoms with van der Waals surface area (Å²) >= 11 is -2.31. The summed E-state index contributed by atoms with van der Waals surface area (Å²) < 4.78 is 44.5. The maximum atomic E-state index is 12.6. The van der Waals surface area contributed by atoms with Crippen LogP contribution in [0.4, 0.5) is 4.79 Å². The van der Waals surface area contributed by atoms with E-state index in [-0.39, 0.29) is 4.90 Å².